The van der Waals surface area contributed by atoms with Crippen LogP contribution in [0, 0.1) is 0 Å². The van der Waals surface area contributed by atoms with E-state index in [0.29, 0.717) is 5.69 Å². The summed E-state index contributed by atoms with van der Waals surface area (Å²) in [6.07, 6.45) is 3.46. The van der Waals surface area contributed by atoms with Crippen molar-refractivity contribution >= 4 is 16.6 Å². The lowest BCUT2D eigenvalue weighted by Gasteiger charge is -2.03. The number of fused-ring (bicyclic) bond motifs is 1. The van der Waals surface area contributed by atoms with E-state index >= 15 is 0 Å². The first-order chi connectivity index (χ1) is 8.33. The molecule has 2 aromatic heterocycles. The van der Waals surface area contributed by atoms with Gasteiger partial charge in [0.05, 0.1) is 23.1 Å². The molecule has 2 N–H and O–H groups in total. The molecule has 0 unspecified atom stereocenters. The average molecular weight is 221 g/mol. The van der Waals surface area contributed by atoms with Crippen molar-refractivity contribution in [2.45, 2.75) is 0 Å². The van der Waals surface area contributed by atoms with Crippen molar-refractivity contribution in [3.63, 3.8) is 0 Å². The lowest BCUT2D eigenvalue weighted by Crippen LogP contribution is -1.88. The Hall–Kier alpha value is -2.42. The molecule has 0 bridgehead atoms. The van der Waals surface area contributed by atoms with E-state index in [9.17, 15) is 0 Å². The molecule has 0 saturated heterocycles. The number of aromatic nitrogens is 2. The maximum Gasteiger partial charge on any atom is 0.0708 e. The van der Waals surface area contributed by atoms with Gasteiger partial charge >= 0.3 is 0 Å². The summed E-state index contributed by atoms with van der Waals surface area (Å²) in [7, 11) is 0. The van der Waals surface area contributed by atoms with Gasteiger partial charge in [-0.2, -0.15) is 0 Å². The number of hydrogen-bond acceptors (Lipinski definition) is 3. The predicted octanol–water partition coefficient (Wildman–Crippen LogP) is 2.88. The molecule has 0 spiro atoms. The zero-order chi connectivity index (χ0) is 11.7. The van der Waals surface area contributed by atoms with Gasteiger partial charge in [0.2, 0.25) is 0 Å². The maximum absolute atomic E-state index is 5.62. The van der Waals surface area contributed by atoms with Crippen molar-refractivity contribution in [3.05, 3.63) is 54.9 Å². The minimum absolute atomic E-state index is 0.674. The fourth-order valence-corrected chi connectivity index (χ4v) is 1.80. The highest BCUT2D eigenvalue weighted by Gasteiger charge is 2.01. The SMILES string of the molecule is Nc1ccc(-c2ccc3cccnc3c2)nc1. The van der Waals surface area contributed by atoms with Crippen molar-refractivity contribution in [2.24, 2.45) is 0 Å². The summed E-state index contributed by atoms with van der Waals surface area (Å²) in [4.78, 5) is 8.64. The minimum atomic E-state index is 0.674. The molecule has 3 rings (SSSR count). The van der Waals surface area contributed by atoms with E-state index < -0.39 is 0 Å². The largest absolute Gasteiger partial charge is 0.397 e. The summed E-state index contributed by atoms with van der Waals surface area (Å²) in [6, 6.07) is 13.9. The maximum atomic E-state index is 5.62. The molecule has 82 valence electrons. The molecule has 0 radical (unpaired) electrons. The second-order valence-electron chi connectivity index (χ2n) is 3.89. The van der Waals surface area contributed by atoms with E-state index in [4.69, 9.17) is 5.73 Å². The Morgan fingerprint density at radius 1 is 0.941 bits per heavy atom. The Kier molecular flexibility index (Phi) is 2.22. The van der Waals surface area contributed by atoms with E-state index in [2.05, 4.69) is 16.0 Å². The molecule has 0 atom stereocenters. The number of nitrogen functional groups attached to an aromatic ring is 1. The molecule has 0 amide bonds. The third-order valence-electron chi connectivity index (χ3n) is 2.69. The van der Waals surface area contributed by atoms with Crippen LogP contribution >= 0.6 is 0 Å². The molecule has 1 aromatic carbocycles. The van der Waals surface area contributed by atoms with Gasteiger partial charge in [-0.15, -0.1) is 0 Å². The van der Waals surface area contributed by atoms with E-state index in [0.717, 1.165) is 22.2 Å². The molecular weight excluding hydrogens is 210 g/mol. The van der Waals surface area contributed by atoms with E-state index in [-0.39, 0.29) is 0 Å². The van der Waals surface area contributed by atoms with Crippen LogP contribution in [0.2, 0.25) is 0 Å². The van der Waals surface area contributed by atoms with Crippen LogP contribution in [0.3, 0.4) is 0 Å². The Morgan fingerprint density at radius 3 is 2.71 bits per heavy atom. The minimum Gasteiger partial charge on any atom is -0.397 e. The highest BCUT2D eigenvalue weighted by Crippen LogP contribution is 2.21. The van der Waals surface area contributed by atoms with Crippen molar-refractivity contribution in [1.29, 1.82) is 0 Å². The van der Waals surface area contributed by atoms with E-state index in [1.807, 2.05) is 36.4 Å². The van der Waals surface area contributed by atoms with Crippen LogP contribution in [0.5, 0.6) is 0 Å². The van der Waals surface area contributed by atoms with Crippen LogP contribution in [0.15, 0.2) is 54.9 Å². The van der Waals surface area contributed by atoms with Gasteiger partial charge in [0.15, 0.2) is 0 Å². The lowest BCUT2D eigenvalue weighted by molar-refractivity contribution is 1.33. The fraction of sp³-hybridized carbons (Fsp3) is 0. The van der Waals surface area contributed by atoms with Gasteiger partial charge in [-0.3, -0.25) is 9.97 Å². The molecular formula is C14H11N3. The average Bonchev–Trinajstić information content (AvgIpc) is 2.39. The van der Waals surface area contributed by atoms with Crippen molar-refractivity contribution < 1.29 is 0 Å². The number of nitrogens with zero attached hydrogens (tertiary/aromatic N) is 2. The van der Waals surface area contributed by atoms with Gasteiger partial charge in [0.1, 0.15) is 0 Å². The van der Waals surface area contributed by atoms with Crippen LogP contribution in [-0.2, 0) is 0 Å². The number of pyridine rings is 2. The normalized spacial score (nSPS) is 10.6. The van der Waals surface area contributed by atoms with Crippen molar-refractivity contribution in [3.8, 4) is 11.3 Å². The van der Waals surface area contributed by atoms with Crippen LogP contribution < -0.4 is 5.73 Å². The second-order valence-corrected chi connectivity index (χ2v) is 3.89. The first kappa shape index (κ1) is 9.78. The summed E-state index contributed by atoms with van der Waals surface area (Å²) in [6.45, 7) is 0. The lowest BCUT2D eigenvalue weighted by atomic mass is 10.1. The number of anilines is 1. The third kappa shape index (κ3) is 1.83. The number of nitrogens with two attached hydrogens (primary N) is 1. The van der Waals surface area contributed by atoms with Crippen LogP contribution in [0.4, 0.5) is 5.69 Å². The third-order valence-corrected chi connectivity index (χ3v) is 2.69. The van der Waals surface area contributed by atoms with Gasteiger partial charge in [-0.05, 0) is 24.3 Å². The molecule has 3 nitrogen and oxygen atoms in total. The molecule has 3 heteroatoms. The molecule has 0 aliphatic heterocycles. The topological polar surface area (TPSA) is 51.8 Å². The fourth-order valence-electron chi connectivity index (χ4n) is 1.80. The second kappa shape index (κ2) is 3.87. The number of hydrogen-bond donors (Lipinski definition) is 1. The predicted molar refractivity (Wildman–Crippen MR) is 69.4 cm³/mol. The molecule has 0 fully saturated rings. The summed E-state index contributed by atoms with van der Waals surface area (Å²) in [5.41, 5.74) is 9.23. The first-order valence-corrected chi connectivity index (χ1v) is 5.40. The smallest absolute Gasteiger partial charge is 0.0708 e. The molecule has 2 heterocycles. The van der Waals surface area contributed by atoms with Crippen LogP contribution in [0.1, 0.15) is 0 Å². The standard InChI is InChI=1S/C14H11N3/c15-12-5-6-13(17-9-12)11-4-3-10-2-1-7-16-14(10)8-11/h1-9H,15H2. The van der Waals surface area contributed by atoms with E-state index in [1.54, 1.807) is 12.4 Å². The molecule has 0 aliphatic carbocycles. The Labute approximate surface area is 98.9 Å². The molecule has 3 aromatic rings. The number of rotatable bonds is 1. The zero-order valence-electron chi connectivity index (χ0n) is 9.17. The van der Waals surface area contributed by atoms with Crippen LogP contribution in [0.25, 0.3) is 22.2 Å². The highest BCUT2D eigenvalue weighted by atomic mass is 14.7. The number of benzene rings is 1. The van der Waals surface area contributed by atoms with Crippen molar-refractivity contribution in [1.82, 2.24) is 9.97 Å². The van der Waals surface area contributed by atoms with Crippen molar-refractivity contribution in [2.75, 3.05) is 5.73 Å². The summed E-state index contributed by atoms with van der Waals surface area (Å²) >= 11 is 0. The van der Waals surface area contributed by atoms with E-state index in [1.165, 1.54) is 0 Å². The Morgan fingerprint density at radius 2 is 1.88 bits per heavy atom. The summed E-state index contributed by atoms with van der Waals surface area (Å²) in [5.74, 6) is 0. The zero-order valence-corrected chi connectivity index (χ0v) is 9.17. The highest BCUT2D eigenvalue weighted by molar-refractivity contribution is 5.83. The quantitative estimate of drug-likeness (QED) is 0.687. The Balaban J connectivity index is 2.14. The summed E-state index contributed by atoms with van der Waals surface area (Å²) in [5, 5.41) is 1.13. The van der Waals surface area contributed by atoms with Gasteiger partial charge in [-0.25, -0.2) is 0 Å². The first-order valence-electron chi connectivity index (χ1n) is 5.40. The monoisotopic (exact) mass is 221 g/mol. The molecule has 17 heavy (non-hydrogen) atoms. The Bertz CT molecular complexity index is 660. The van der Waals surface area contributed by atoms with Gasteiger partial charge < -0.3 is 5.73 Å². The van der Waals surface area contributed by atoms with Gasteiger partial charge in [0.25, 0.3) is 0 Å². The molecule has 0 aliphatic rings. The van der Waals surface area contributed by atoms with Crippen LogP contribution in [-0.4, -0.2) is 9.97 Å². The van der Waals surface area contributed by atoms with Gasteiger partial charge in [0, 0.05) is 17.1 Å². The van der Waals surface area contributed by atoms with Gasteiger partial charge in [-0.1, -0.05) is 18.2 Å². The molecule has 0 saturated carbocycles. The summed E-state index contributed by atoms with van der Waals surface area (Å²) < 4.78 is 0.